The Hall–Kier alpha value is -0.570. The van der Waals surface area contributed by atoms with E-state index in [4.69, 9.17) is 10.8 Å². The van der Waals surface area contributed by atoms with Gasteiger partial charge in [0, 0.05) is 0 Å². The van der Waals surface area contributed by atoms with Crippen molar-refractivity contribution in [2.45, 2.75) is 70.8 Å². The van der Waals surface area contributed by atoms with Crippen molar-refractivity contribution in [2.24, 2.45) is 5.73 Å². The number of rotatable bonds is 9. The van der Waals surface area contributed by atoms with E-state index in [1.54, 1.807) is 6.92 Å². The molecule has 15 heavy (non-hydrogen) atoms. The van der Waals surface area contributed by atoms with Gasteiger partial charge in [-0.2, -0.15) is 0 Å². The minimum atomic E-state index is -1.04. The number of carboxylic acid groups (broad SMARTS) is 1. The van der Waals surface area contributed by atoms with Crippen molar-refractivity contribution in [1.82, 2.24) is 0 Å². The second-order valence-electron chi connectivity index (χ2n) is 4.59. The van der Waals surface area contributed by atoms with Crippen LogP contribution in [0.3, 0.4) is 0 Å². The number of carboxylic acids is 1. The first kappa shape index (κ1) is 14.4. The normalized spacial score (nSPS) is 14.9. The van der Waals surface area contributed by atoms with Crippen LogP contribution in [0.5, 0.6) is 0 Å². The molecule has 0 aliphatic carbocycles. The van der Waals surface area contributed by atoms with Gasteiger partial charge in [0.2, 0.25) is 0 Å². The van der Waals surface area contributed by atoms with Crippen LogP contribution in [0.2, 0.25) is 0 Å². The summed E-state index contributed by atoms with van der Waals surface area (Å²) in [7, 11) is 0. The SMILES string of the molecule is CCCCCCCCC[C@@](C)(N)C(=O)O. The van der Waals surface area contributed by atoms with E-state index in [2.05, 4.69) is 6.92 Å². The van der Waals surface area contributed by atoms with Crippen LogP contribution in [0, 0.1) is 0 Å². The van der Waals surface area contributed by atoms with Gasteiger partial charge in [-0.15, -0.1) is 0 Å². The molecule has 0 amide bonds. The lowest BCUT2D eigenvalue weighted by Gasteiger charge is -2.18. The molecule has 0 heterocycles. The number of carbonyl (C=O) groups is 1. The number of hydrogen-bond acceptors (Lipinski definition) is 2. The van der Waals surface area contributed by atoms with Crippen LogP contribution in [0.1, 0.15) is 65.2 Å². The summed E-state index contributed by atoms with van der Waals surface area (Å²) >= 11 is 0. The van der Waals surface area contributed by atoms with E-state index in [1.165, 1.54) is 32.1 Å². The van der Waals surface area contributed by atoms with Gasteiger partial charge in [-0.3, -0.25) is 4.79 Å². The highest BCUT2D eigenvalue weighted by molar-refractivity contribution is 5.77. The first-order valence-corrected chi connectivity index (χ1v) is 6.03. The van der Waals surface area contributed by atoms with Gasteiger partial charge in [0.15, 0.2) is 0 Å². The summed E-state index contributed by atoms with van der Waals surface area (Å²) in [5.74, 6) is -0.895. The molecule has 0 aromatic rings. The molecular formula is C12H25NO2. The maximum absolute atomic E-state index is 10.7. The van der Waals surface area contributed by atoms with Crippen molar-refractivity contribution < 1.29 is 9.90 Å². The second-order valence-corrected chi connectivity index (χ2v) is 4.59. The molecule has 0 saturated carbocycles. The Balaban J connectivity index is 3.35. The molecule has 3 heteroatoms. The Morgan fingerprint density at radius 1 is 1.13 bits per heavy atom. The van der Waals surface area contributed by atoms with Gasteiger partial charge < -0.3 is 10.8 Å². The van der Waals surface area contributed by atoms with Gasteiger partial charge in [-0.25, -0.2) is 0 Å². The van der Waals surface area contributed by atoms with Crippen LogP contribution in [0.25, 0.3) is 0 Å². The summed E-state index contributed by atoms with van der Waals surface area (Å²) in [5, 5.41) is 8.79. The Labute approximate surface area is 93.0 Å². The van der Waals surface area contributed by atoms with E-state index in [-0.39, 0.29) is 0 Å². The largest absolute Gasteiger partial charge is 0.480 e. The minimum absolute atomic E-state index is 0.579. The van der Waals surface area contributed by atoms with Gasteiger partial charge in [-0.1, -0.05) is 51.9 Å². The molecule has 1 atom stereocenters. The fourth-order valence-corrected chi connectivity index (χ4v) is 1.56. The predicted molar refractivity (Wildman–Crippen MR) is 62.8 cm³/mol. The van der Waals surface area contributed by atoms with Crippen LogP contribution in [-0.4, -0.2) is 16.6 Å². The molecule has 0 aliphatic rings. The van der Waals surface area contributed by atoms with Gasteiger partial charge in [0.25, 0.3) is 0 Å². The van der Waals surface area contributed by atoms with Crippen LogP contribution >= 0.6 is 0 Å². The van der Waals surface area contributed by atoms with Crippen molar-refractivity contribution in [1.29, 1.82) is 0 Å². The quantitative estimate of drug-likeness (QED) is 0.581. The third-order valence-corrected chi connectivity index (χ3v) is 2.79. The summed E-state index contributed by atoms with van der Waals surface area (Å²) in [6, 6.07) is 0. The lowest BCUT2D eigenvalue weighted by Crippen LogP contribution is -2.44. The van der Waals surface area contributed by atoms with E-state index >= 15 is 0 Å². The molecule has 0 unspecified atom stereocenters. The summed E-state index contributed by atoms with van der Waals surface area (Å²) in [6.45, 7) is 3.79. The van der Waals surface area contributed by atoms with Crippen LogP contribution in [0.15, 0.2) is 0 Å². The molecule has 0 aromatic heterocycles. The van der Waals surface area contributed by atoms with E-state index in [1.807, 2.05) is 0 Å². The summed E-state index contributed by atoms with van der Waals surface area (Å²) in [5.41, 5.74) is 4.58. The number of nitrogens with two attached hydrogens (primary N) is 1. The van der Waals surface area contributed by atoms with Crippen molar-refractivity contribution in [3.63, 3.8) is 0 Å². The Bertz CT molecular complexity index is 178. The zero-order valence-electron chi connectivity index (χ0n) is 10.1. The third-order valence-electron chi connectivity index (χ3n) is 2.79. The average molecular weight is 215 g/mol. The van der Waals surface area contributed by atoms with E-state index in [9.17, 15) is 4.79 Å². The van der Waals surface area contributed by atoms with Crippen molar-refractivity contribution in [2.75, 3.05) is 0 Å². The molecule has 0 fully saturated rings. The molecule has 90 valence electrons. The lowest BCUT2D eigenvalue weighted by atomic mass is 9.95. The average Bonchev–Trinajstić information content (AvgIpc) is 2.16. The molecular weight excluding hydrogens is 190 g/mol. The summed E-state index contributed by atoms with van der Waals surface area (Å²) in [6.07, 6.45) is 8.95. The molecule has 0 radical (unpaired) electrons. The molecule has 0 aromatic carbocycles. The van der Waals surface area contributed by atoms with Gasteiger partial charge in [0.1, 0.15) is 5.54 Å². The highest BCUT2D eigenvalue weighted by Crippen LogP contribution is 2.14. The predicted octanol–water partition coefficient (Wildman–Crippen LogP) is 2.93. The first-order chi connectivity index (χ1) is 7.00. The maximum Gasteiger partial charge on any atom is 0.323 e. The standard InChI is InChI=1S/C12H25NO2/c1-3-4-5-6-7-8-9-10-12(2,13)11(14)15/h3-10,13H2,1-2H3,(H,14,15)/t12-/m1/s1. The molecule has 3 N–H and O–H groups in total. The summed E-state index contributed by atoms with van der Waals surface area (Å²) in [4.78, 5) is 10.7. The highest BCUT2D eigenvalue weighted by atomic mass is 16.4. The van der Waals surface area contributed by atoms with Gasteiger partial charge >= 0.3 is 5.97 Å². The zero-order chi connectivity index (χ0) is 11.7. The Morgan fingerprint density at radius 2 is 1.60 bits per heavy atom. The zero-order valence-corrected chi connectivity index (χ0v) is 10.1. The van der Waals surface area contributed by atoms with Crippen molar-refractivity contribution in [3.05, 3.63) is 0 Å². The number of aliphatic carboxylic acids is 1. The smallest absolute Gasteiger partial charge is 0.323 e. The van der Waals surface area contributed by atoms with Gasteiger partial charge in [-0.05, 0) is 13.3 Å². The van der Waals surface area contributed by atoms with Gasteiger partial charge in [0.05, 0.1) is 0 Å². The fraction of sp³-hybridized carbons (Fsp3) is 0.917. The molecule has 0 aliphatic heterocycles. The third kappa shape index (κ3) is 7.37. The Morgan fingerprint density at radius 3 is 2.07 bits per heavy atom. The van der Waals surface area contributed by atoms with Crippen LogP contribution in [0.4, 0.5) is 0 Å². The van der Waals surface area contributed by atoms with E-state index in [0.29, 0.717) is 6.42 Å². The molecule has 3 nitrogen and oxygen atoms in total. The monoisotopic (exact) mass is 215 g/mol. The summed E-state index contributed by atoms with van der Waals surface area (Å²) < 4.78 is 0. The maximum atomic E-state index is 10.7. The lowest BCUT2D eigenvalue weighted by molar-refractivity contribution is -0.142. The van der Waals surface area contributed by atoms with Crippen molar-refractivity contribution >= 4 is 5.97 Å². The topological polar surface area (TPSA) is 63.3 Å². The molecule has 0 rings (SSSR count). The van der Waals surface area contributed by atoms with Crippen LogP contribution < -0.4 is 5.73 Å². The second kappa shape index (κ2) is 7.69. The Kier molecular flexibility index (Phi) is 7.39. The number of hydrogen-bond donors (Lipinski definition) is 2. The molecule has 0 saturated heterocycles. The fourth-order valence-electron chi connectivity index (χ4n) is 1.56. The minimum Gasteiger partial charge on any atom is -0.480 e. The molecule has 0 bridgehead atoms. The first-order valence-electron chi connectivity index (χ1n) is 6.03. The van der Waals surface area contributed by atoms with E-state index in [0.717, 1.165) is 12.8 Å². The highest BCUT2D eigenvalue weighted by Gasteiger charge is 2.26. The number of unbranched alkanes of at least 4 members (excludes halogenated alkanes) is 6. The molecule has 0 spiro atoms. The van der Waals surface area contributed by atoms with Crippen LogP contribution in [-0.2, 0) is 4.79 Å². The van der Waals surface area contributed by atoms with Crippen molar-refractivity contribution in [3.8, 4) is 0 Å². The van der Waals surface area contributed by atoms with E-state index < -0.39 is 11.5 Å².